The van der Waals surface area contributed by atoms with Crippen molar-refractivity contribution < 1.29 is 9.59 Å². The van der Waals surface area contributed by atoms with Crippen LogP contribution in [0.4, 0.5) is 5.69 Å². The molecule has 0 saturated heterocycles. The third-order valence-electron chi connectivity index (χ3n) is 4.93. The molecule has 2 amide bonds. The minimum Gasteiger partial charge on any atom is -0.360 e. The quantitative estimate of drug-likeness (QED) is 0.233. The van der Waals surface area contributed by atoms with E-state index in [9.17, 15) is 9.59 Å². The number of fused-ring (bicyclic) bond motifs is 1. The van der Waals surface area contributed by atoms with Gasteiger partial charge in [-0.05, 0) is 42.3 Å². The number of para-hydroxylation sites is 1. The summed E-state index contributed by atoms with van der Waals surface area (Å²) >= 11 is 0. The van der Waals surface area contributed by atoms with Gasteiger partial charge in [0.15, 0.2) is 0 Å². The lowest BCUT2D eigenvalue weighted by atomic mass is 10.1. The summed E-state index contributed by atoms with van der Waals surface area (Å²) in [5.41, 5.74) is 7.02. The van der Waals surface area contributed by atoms with Crippen molar-refractivity contribution in [3.8, 4) is 0 Å². The highest BCUT2D eigenvalue weighted by Gasteiger charge is 2.11. The number of aromatic nitrogens is 1. The van der Waals surface area contributed by atoms with Gasteiger partial charge >= 0.3 is 0 Å². The van der Waals surface area contributed by atoms with Crippen LogP contribution in [0.15, 0.2) is 96.2 Å². The van der Waals surface area contributed by atoms with Crippen LogP contribution in [0, 0.1) is 0 Å². The second-order valence-electron chi connectivity index (χ2n) is 7.20. The van der Waals surface area contributed by atoms with Crippen LogP contribution in [0.2, 0.25) is 0 Å². The first-order chi connectivity index (χ1) is 15.6. The summed E-state index contributed by atoms with van der Waals surface area (Å²) in [6.07, 6.45) is 4.92. The maximum atomic E-state index is 12.6. The zero-order valence-electron chi connectivity index (χ0n) is 17.5. The lowest BCUT2D eigenvalue weighted by Crippen LogP contribution is -2.19. The molecule has 0 bridgehead atoms. The maximum Gasteiger partial charge on any atom is 0.273 e. The molecule has 6 heteroatoms. The van der Waals surface area contributed by atoms with E-state index in [1.165, 1.54) is 6.08 Å². The Hall–Kier alpha value is -4.45. The minimum absolute atomic E-state index is 0.228. The molecule has 0 saturated carbocycles. The summed E-state index contributed by atoms with van der Waals surface area (Å²) in [6.45, 7) is 1.80. The van der Waals surface area contributed by atoms with Crippen molar-refractivity contribution in [3.63, 3.8) is 0 Å². The molecular weight excluding hydrogens is 400 g/mol. The number of H-pyrrole nitrogens is 1. The predicted molar refractivity (Wildman–Crippen MR) is 129 cm³/mol. The van der Waals surface area contributed by atoms with Gasteiger partial charge in [0, 0.05) is 28.9 Å². The van der Waals surface area contributed by atoms with Crippen LogP contribution in [-0.2, 0) is 4.79 Å². The molecule has 0 aliphatic heterocycles. The second kappa shape index (κ2) is 9.57. The summed E-state index contributed by atoms with van der Waals surface area (Å²) in [7, 11) is 0. The molecule has 0 fully saturated rings. The number of carbonyl (C=O) groups is 2. The zero-order valence-corrected chi connectivity index (χ0v) is 17.5. The summed E-state index contributed by atoms with van der Waals surface area (Å²) in [4.78, 5) is 27.9. The zero-order chi connectivity index (χ0) is 22.3. The first-order valence-corrected chi connectivity index (χ1v) is 10.2. The molecule has 0 aliphatic rings. The number of carbonyl (C=O) groups excluding carboxylic acids is 2. The van der Waals surface area contributed by atoms with Crippen molar-refractivity contribution in [1.82, 2.24) is 10.4 Å². The van der Waals surface area contributed by atoms with Gasteiger partial charge in [-0.3, -0.25) is 9.59 Å². The molecular formula is C26H22N4O2. The Bertz CT molecular complexity index is 1320. The lowest BCUT2D eigenvalue weighted by molar-refractivity contribution is -0.111. The van der Waals surface area contributed by atoms with Gasteiger partial charge in [0.05, 0.1) is 11.3 Å². The Morgan fingerprint density at radius 3 is 2.56 bits per heavy atom. The van der Waals surface area contributed by atoms with E-state index >= 15 is 0 Å². The Morgan fingerprint density at radius 1 is 0.938 bits per heavy atom. The second-order valence-corrected chi connectivity index (χ2v) is 7.20. The molecule has 4 rings (SSSR count). The van der Waals surface area contributed by atoms with Crippen molar-refractivity contribution in [3.05, 3.63) is 108 Å². The van der Waals surface area contributed by atoms with Gasteiger partial charge in [-0.25, -0.2) is 5.43 Å². The number of benzene rings is 3. The van der Waals surface area contributed by atoms with Gasteiger partial charge in [0.25, 0.3) is 5.91 Å². The van der Waals surface area contributed by atoms with E-state index in [1.807, 2.05) is 72.8 Å². The van der Waals surface area contributed by atoms with Gasteiger partial charge in [-0.15, -0.1) is 0 Å². The Morgan fingerprint density at radius 2 is 1.72 bits per heavy atom. The predicted octanol–water partition coefficient (Wildman–Crippen LogP) is 4.97. The molecule has 3 N–H and O–H groups in total. The van der Waals surface area contributed by atoms with Crippen LogP contribution >= 0.6 is 0 Å². The van der Waals surface area contributed by atoms with Crippen LogP contribution < -0.4 is 10.7 Å². The van der Waals surface area contributed by atoms with Crippen molar-refractivity contribution in [1.29, 1.82) is 0 Å². The van der Waals surface area contributed by atoms with Gasteiger partial charge in [0.2, 0.25) is 5.91 Å². The van der Waals surface area contributed by atoms with Crippen LogP contribution in [-0.4, -0.2) is 22.5 Å². The number of nitrogens with one attached hydrogen (secondary N) is 3. The van der Waals surface area contributed by atoms with Crippen LogP contribution in [0.1, 0.15) is 28.4 Å². The average Bonchev–Trinajstić information content (AvgIpc) is 3.26. The van der Waals surface area contributed by atoms with E-state index in [0.29, 0.717) is 17.0 Å². The van der Waals surface area contributed by atoms with Crippen molar-refractivity contribution >= 4 is 40.2 Å². The molecule has 0 aliphatic carbocycles. The van der Waals surface area contributed by atoms with Crippen LogP contribution in [0.5, 0.6) is 0 Å². The highest BCUT2D eigenvalue weighted by molar-refractivity contribution is 6.08. The summed E-state index contributed by atoms with van der Waals surface area (Å²) in [5.74, 6) is -0.523. The van der Waals surface area contributed by atoms with E-state index in [-0.39, 0.29) is 11.8 Å². The standard InChI is InChI=1S/C26H22N4O2/c1-18(29-30-26(32)23-17-27-24-13-6-5-12-22(23)24)20-10-7-11-21(16-20)28-25(31)15-14-19-8-3-2-4-9-19/h2-17,27H,1H3,(H,28,31)(H,30,32)/b15-14+,29-18-. The SMILES string of the molecule is C/C(=N/NC(=O)c1c[nH]c2ccccc12)c1cccc(NC(=O)/C=C/c2ccccc2)c1. The highest BCUT2D eigenvalue weighted by atomic mass is 16.2. The molecule has 3 aromatic carbocycles. The third-order valence-corrected chi connectivity index (χ3v) is 4.93. The van der Waals surface area contributed by atoms with E-state index in [0.717, 1.165) is 22.0 Å². The minimum atomic E-state index is -0.294. The van der Waals surface area contributed by atoms with E-state index in [4.69, 9.17) is 0 Å². The Kier molecular flexibility index (Phi) is 6.22. The number of amides is 2. The summed E-state index contributed by atoms with van der Waals surface area (Å²) in [6, 6.07) is 24.5. The van der Waals surface area contributed by atoms with Gasteiger partial charge in [0.1, 0.15) is 0 Å². The fourth-order valence-corrected chi connectivity index (χ4v) is 3.26. The van der Waals surface area contributed by atoms with Gasteiger partial charge < -0.3 is 10.3 Å². The first-order valence-electron chi connectivity index (χ1n) is 10.2. The van der Waals surface area contributed by atoms with Crippen molar-refractivity contribution in [2.75, 3.05) is 5.32 Å². The smallest absolute Gasteiger partial charge is 0.273 e. The van der Waals surface area contributed by atoms with Gasteiger partial charge in [-0.2, -0.15) is 5.10 Å². The topological polar surface area (TPSA) is 86.3 Å². The van der Waals surface area contributed by atoms with E-state index < -0.39 is 0 Å². The van der Waals surface area contributed by atoms with Crippen molar-refractivity contribution in [2.45, 2.75) is 6.92 Å². The van der Waals surface area contributed by atoms with Crippen molar-refractivity contribution in [2.24, 2.45) is 5.10 Å². The number of hydrazone groups is 1. The molecule has 6 nitrogen and oxygen atoms in total. The Balaban J connectivity index is 1.41. The third kappa shape index (κ3) is 4.99. The molecule has 1 aromatic heterocycles. The van der Waals surface area contributed by atoms with E-state index in [2.05, 4.69) is 20.8 Å². The molecule has 32 heavy (non-hydrogen) atoms. The molecule has 0 atom stereocenters. The first kappa shape index (κ1) is 20.8. The number of rotatable bonds is 6. The number of hydrogen-bond donors (Lipinski definition) is 3. The largest absolute Gasteiger partial charge is 0.360 e. The maximum absolute atomic E-state index is 12.6. The van der Waals surface area contributed by atoms with Gasteiger partial charge in [-0.1, -0.05) is 60.7 Å². The fraction of sp³-hybridized carbons (Fsp3) is 0.0385. The summed E-state index contributed by atoms with van der Waals surface area (Å²) in [5, 5.41) is 7.91. The van der Waals surface area contributed by atoms with Crippen LogP contribution in [0.3, 0.4) is 0 Å². The normalized spacial score (nSPS) is 11.6. The molecule has 0 radical (unpaired) electrons. The molecule has 0 spiro atoms. The lowest BCUT2D eigenvalue weighted by Gasteiger charge is -2.06. The van der Waals surface area contributed by atoms with E-state index in [1.54, 1.807) is 25.3 Å². The number of hydrogen-bond acceptors (Lipinski definition) is 3. The molecule has 1 heterocycles. The molecule has 158 valence electrons. The Labute approximate surface area is 185 Å². The highest BCUT2D eigenvalue weighted by Crippen LogP contribution is 2.17. The number of nitrogens with zero attached hydrogens (tertiary/aromatic N) is 1. The molecule has 4 aromatic rings. The van der Waals surface area contributed by atoms with Crippen LogP contribution in [0.25, 0.3) is 17.0 Å². The fourth-order valence-electron chi connectivity index (χ4n) is 3.26. The average molecular weight is 422 g/mol. The number of anilines is 1. The molecule has 0 unspecified atom stereocenters. The monoisotopic (exact) mass is 422 g/mol. The summed E-state index contributed by atoms with van der Waals surface area (Å²) < 4.78 is 0. The number of aromatic amines is 1.